The molecule has 2 aromatic rings. The topological polar surface area (TPSA) is 95.5 Å². The molecule has 3 N–H and O–H groups in total. The molecule has 0 saturated carbocycles. The molecule has 0 spiro atoms. The van der Waals surface area contributed by atoms with Crippen molar-refractivity contribution in [1.82, 2.24) is 0 Å². The molecule has 0 saturated heterocycles. The van der Waals surface area contributed by atoms with Gasteiger partial charge in [-0.3, -0.25) is 9.59 Å². The molecule has 0 heterocycles. The van der Waals surface area contributed by atoms with Gasteiger partial charge in [-0.15, -0.1) is 11.8 Å². The van der Waals surface area contributed by atoms with Crippen molar-refractivity contribution in [1.29, 1.82) is 0 Å². The van der Waals surface area contributed by atoms with Crippen LogP contribution in [0.1, 0.15) is 50.9 Å². The monoisotopic (exact) mass is 428 g/mol. The number of aromatic carboxylic acids is 1. The van der Waals surface area contributed by atoms with Crippen molar-refractivity contribution in [2.45, 2.75) is 50.7 Å². The summed E-state index contributed by atoms with van der Waals surface area (Å²) in [6.45, 7) is 7.94. The molecule has 0 aromatic heterocycles. The maximum atomic E-state index is 12.7. The van der Waals surface area contributed by atoms with E-state index in [0.29, 0.717) is 24.2 Å². The lowest BCUT2D eigenvalue weighted by Gasteiger charge is -2.18. The molecule has 2 rings (SSSR count). The molecule has 1 unspecified atom stereocenters. The Morgan fingerprint density at radius 1 is 1.00 bits per heavy atom. The van der Waals surface area contributed by atoms with Crippen molar-refractivity contribution in [3.05, 3.63) is 54.1 Å². The number of carboxylic acids is 1. The van der Waals surface area contributed by atoms with E-state index >= 15 is 0 Å². The number of carboxylic acid groups (broad SMARTS) is 1. The van der Waals surface area contributed by atoms with Crippen molar-refractivity contribution < 1.29 is 19.5 Å². The van der Waals surface area contributed by atoms with Gasteiger partial charge in [0.2, 0.25) is 11.8 Å². The molecule has 7 heteroatoms. The van der Waals surface area contributed by atoms with Crippen molar-refractivity contribution in [2.75, 3.05) is 10.6 Å². The summed E-state index contributed by atoms with van der Waals surface area (Å²) in [6, 6.07) is 13.6. The summed E-state index contributed by atoms with van der Waals surface area (Å²) in [7, 11) is 0. The van der Waals surface area contributed by atoms with Crippen LogP contribution in [-0.4, -0.2) is 28.1 Å². The molecule has 1 atom stereocenters. The lowest BCUT2D eigenvalue weighted by atomic mass is 9.92. The van der Waals surface area contributed by atoms with E-state index < -0.39 is 5.97 Å². The molecule has 0 radical (unpaired) electrons. The second-order valence-electron chi connectivity index (χ2n) is 8.20. The minimum Gasteiger partial charge on any atom is -0.478 e. The summed E-state index contributed by atoms with van der Waals surface area (Å²) in [5.41, 5.74) is 1.16. The first-order valence-corrected chi connectivity index (χ1v) is 10.7. The largest absolute Gasteiger partial charge is 0.478 e. The molecule has 0 aliphatic carbocycles. The second-order valence-corrected chi connectivity index (χ2v) is 9.48. The van der Waals surface area contributed by atoms with Gasteiger partial charge in [-0.2, -0.15) is 0 Å². The zero-order valence-corrected chi connectivity index (χ0v) is 18.5. The highest BCUT2D eigenvalue weighted by Crippen LogP contribution is 2.29. The highest BCUT2D eigenvalue weighted by molar-refractivity contribution is 8.00. The smallest absolute Gasteiger partial charge is 0.335 e. The molecule has 0 aliphatic rings. The first-order chi connectivity index (χ1) is 14.1. The molecule has 160 valence electrons. The van der Waals surface area contributed by atoms with Crippen molar-refractivity contribution in [2.24, 2.45) is 5.41 Å². The number of anilines is 2. The maximum Gasteiger partial charge on any atom is 0.335 e. The van der Waals surface area contributed by atoms with Gasteiger partial charge in [0.05, 0.1) is 10.8 Å². The van der Waals surface area contributed by atoms with E-state index in [9.17, 15) is 14.4 Å². The predicted octanol–water partition coefficient (Wildman–Crippen LogP) is 5.27. The second kappa shape index (κ2) is 10.3. The zero-order chi connectivity index (χ0) is 22.3. The van der Waals surface area contributed by atoms with Gasteiger partial charge in [0.15, 0.2) is 0 Å². The van der Waals surface area contributed by atoms with Crippen LogP contribution in [0.25, 0.3) is 0 Å². The fraction of sp³-hybridized carbons (Fsp3) is 0.348. The van der Waals surface area contributed by atoms with E-state index in [1.54, 1.807) is 12.1 Å². The number of carbonyl (C=O) groups is 3. The minimum absolute atomic E-state index is 0.0484. The fourth-order valence-corrected chi connectivity index (χ4v) is 3.79. The van der Waals surface area contributed by atoms with E-state index in [1.807, 2.05) is 52.0 Å². The highest BCUT2D eigenvalue weighted by atomic mass is 32.2. The van der Waals surface area contributed by atoms with Gasteiger partial charge >= 0.3 is 5.97 Å². The van der Waals surface area contributed by atoms with Crippen LogP contribution in [0.5, 0.6) is 0 Å². The Bertz CT molecular complexity index is 921. The molecule has 30 heavy (non-hydrogen) atoms. The molecule has 0 aliphatic heterocycles. The van der Waals surface area contributed by atoms with Gasteiger partial charge in [-0.1, -0.05) is 39.8 Å². The van der Waals surface area contributed by atoms with Crippen LogP contribution >= 0.6 is 11.8 Å². The molecular weight excluding hydrogens is 400 g/mol. The predicted molar refractivity (Wildman–Crippen MR) is 121 cm³/mol. The Morgan fingerprint density at radius 3 is 2.23 bits per heavy atom. The lowest BCUT2D eigenvalue weighted by molar-refractivity contribution is -0.118. The molecular formula is C23H28N2O4S. The van der Waals surface area contributed by atoms with E-state index in [0.717, 1.165) is 4.90 Å². The van der Waals surface area contributed by atoms with Gasteiger partial charge < -0.3 is 15.7 Å². The summed E-state index contributed by atoms with van der Waals surface area (Å²) in [5.74, 6) is -1.29. The van der Waals surface area contributed by atoms with E-state index in [2.05, 4.69) is 10.6 Å². The standard InChI is InChI=1S/C23H28N2O4S/c1-5-19(21(27)25-16-9-6-8-15(12-16)22(28)29)30-18-11-7-10-17(13-18)24-20(26)14-23(2,3)4/h6-13,19H,5,14H2,1-4H3,(H,24,26)(H,25,27)(H,28,29). The molecule has 6 nitrogen and oxygen atoms in total. The number of thioether (sulfide) groups is 1. The Hall–Kier alpha value is -2.80. The van der Waals surface area contributed by atoms with Gasteiger partial charge in [0, 0.05) is 22.7 Å². The van der Waals surface area contributed by atoms with Gasteiger partial charge in [0.1, 0.15) is 0 Å². The Kier molecular flexibility index (Phi) is 8.06. The van der Waals surface area contributed by atoms with Crippen LogP contribution < -0.4 is 10.6 Å². The van der Waals surface area contributed by atoms with Crippen molar-refractivity contribution >= 4 is 40.9 Å². The molecule has 0 fully saturated rings. The van der Waals surface area contributed by atoms with Crippen LogP contribution in [0.4, 0.5) is 11.4 Å². The summed E-state index contributed by atoms with van der Waals surface area (Å²) in [4.78, 5) is 36.9. The van der Waals surface area contributed by atoms with Gasteiger partial charge in [0.25, 0.3) is 0 Å². The third kappa shape index (κ3) is 7.55. The first-order valence-electron chi connectivity index (χ1n) is 9.78. The Balaban J connectivity index is 2.04. The normalized spacial score (nSPS) is 12.1. The number of rotatable bonds is 8. The minimum atomic E-state index is -1.04. The number of hydrogen-bond donors (Lipinski definition) is 3. The third-order valence-corrected chi connectivity index (χ3v) is 5.49. The van der Waals surface area contributed by atoms with Gasteiger partial charge in [-0.05, 0) is 48.2 Å². The number of nitrogens with one attached hydrogen (secondary N) is 2. The summed E-state index contributed by atoms with van der Waals surface area (Å²) >= 11 is 1.40. The van der Waals surface area contributed by atoms with Crippen LogP contribution in [0.2, 0.25) is 0 Å². The summed E-state index contributed by atoms with van der Waals surface area (Å²) < 4.78 is 0. The average molecular weight is 429 g/mol. The SMILES string of the molecule is CCC(Sc1cccc(NC(=O)CC(C)(C)C)c1)C(=O)Nc1cccc(C(=O)O)c1. The quantitative estimate of drug-likeness (QED) is 0.498. The van der Waals surface area contributed by atoms with Crippen LogP contribution in [-0.2, 0) is 9.59 Å². The summed E-state index contributed by atoms with van der Waals surface area (Å²) in [6.07, 6.45) is 1.01. The number of amides is 2. The van der Waals surface area contributed by atoms with Crippen LogP contribution in [0, 0.1) is 5.41 Å². The number of hydrogen-bond acceptors (Lipinski definition) is 4. The highest BCUT2D eigenvalue weighted by Gasteiger charge is 2.19. The first kappa shape index (κ1) is 23.5. The van der Waals surface area contributed by atoms with Crippen LogP contribution in [0.3, 0.4) is 0 Å². The van der Waals surface area contributed by atoms with E-state index in [-0.39, 0.29) is 28.0 Å². The maximum absolute atomic E-state index is 12.7. The van der Waals surface area contributed by atoms with E-state index in [4.69, 9.17) is 5.11 Å². The van der Waals surface area contributed by atoms with E-state index in [1.165, 1.54) is 23.9 Å². The average Bonchev–Trinajstić information content (AvgIpc) is 2.65. The number of carbonyl (C=O) groups excluding carboxylic acids is 2. The summed E-state index contributed by atoms with van der Waals surface area (Å²) in [5, 5.41) is 14.4. The van der Waals surface area contributed by atoms with Gasteiger partial charge in [-0.25, -0.2) is 4.79 Å². The van der Waals surface area contributed by atoms with Crippen molar-refractivity contribution in [3.63, 3.8) is 0 Å². The van der Waals surface area contributed by atoms with Crippen molar-refractivity contribution in [3.8, 4) is 0 Å². The zero-order valence-electron chi connectivity index (χ0n) is 17.7. The molecule has 2 amide bonds. The Labute approximate surface area is 181 Å². The molecule has 2 aromatic carbocycles. The van der Waals surface area contributed by atoms with Crippen LogP contribution in [0.15, 0.2) is 53.4 Å². The number of benzene rings is 2. The fourth-order valence-electron chi connectivity index (χ4n) is 2.77. The molecule has 0 bridgehead atoms. The third-order valence-electron chi connectivity index (χ3n) is 4.13. The Morgan fingerprint density at radius 2 is 1.63 bits per heavy atom. The lowest BCUT2D eigenvalue weighted by Crippen LogP contribution is -2.24.